The SMILES string of the molecule is CCNc1cc(C)ncc1C(=O)N(C)c1ccncc1. The number of aromatic nitrogens is 2. The Bertz CT molecular complexity index is 598. The van der Waals surface area contributed by atoms with Crippen molar-refractivity contribution in [1.29, 1.82) is 0 Å². The lowest BCUT2D eigenvalue weighted by Crippen LogP contribution is -2.27. The first kappa shape index (κ1) is 14.0. The quantitative estimate of drug-likeness (QED) is 0.927. The molecular weight excluding hydrogens is 252 g/mol. The van der Waals surface area contributed by atoms with Gasteiger partial charge >= 0.3 is 0 Å². The Morgan fingerprint density at radius 3 is 2.70 bits per heavy atom. The molecule has 0 aliphatic heterocycles. The van der Waals surface area contributed by atoms with E-state index in [1.807, 2.05) is 19.9 Å². The molecule has 1 amide bonds. The molecule has 0 bridgehead atoms. The summed E-state index contributed by atoms with van der Waals surface area (Å²) in [6.45, 7) is 4.65. The van der Waals surface area contributed by atoms with Gasteiger partial charge in [0.2, 0.25) is 0 Å². The zero-order valence-electron chi connectivity index (χ0n) is 11.9. The van der Waals surface area contributed by atoms with E-state index in [0.29, 0.717) is 5.56 Å². The summed E-state index contributed by atoms with van der Waals surface area (Å²) in [5.74, 6) is -0.0975. The van der Waals surface area contributed by atoms with E-state index >= 15 is 0 Å². The average Bonchev–Trinajstić information content (AvgIpc) is 2.47. The van der Waals surface area contributed by atoms with Crippen LogP contribution in [0.5, 0.6) is 0 Å². The summed E-state index contributed by atoms with van der Waals surface area (Å²) in [5, 5.41) is 3.20. The summed E-state index contributed by atoms with van der Waals surface area (Å²) in [4.78, 5) is 22.3. The fraction of sp³-hybridized carbons (Fsp3) is 0.267. The predicted molar refractivity (Wildman–Crippen MR) is 80.1 cm³/mol. The van der Waals surface area contributed by atoms with E-state index in [1.54, 1.807) is 42.7 Å². The van der Waals surface area contributed by atoms with Gasteiger partial charge in [-0.1, -0.05) is 0 Å². The smallest absolute Gasteiger partial charge is 0.261 e. The summed E-state index contributed by atoms with van der Waals surface area (Å²) >= 11 is 0. The second-order valence-electron chi connectivity index (χ2n) is 4.47. The van der Waals surface area contributed by atoms with Gasteiger partial charge in [0.1, 0.15) is 0 Å². The third kappa shape index (κ3) is 2.93. The van der Waals surface area contributed by atoms with Crippen molar-refractivity contribution < 1.29 is 4.79 Å². The lowest BCUT2D eigenvalue weighted by Gasteiger charge is -2.19. The molecule has 0 saturated carbocycles. The maximum absolute atomic E-state index is 12.6. The molecule has 104 valence electrons. The molecule has 2 rings (SSSR count). The number of pyridine rings is 2. The van der Waals surface area contributed by atoms with Crippen LogP contribution >= 0.6 is 0 Å². The highest BCUT2D eigenvalue weighted by Gasteiger charge is 2.17. The van der Waals surface area contributed by atoms with Crippen molar-refractivity contribution in [3.63, 3.8) is 0 Å². The molecule has 0 atom stereocenters. The second-order valence-corrected chi connectivity index (χ2v) is 4.47. The number of hydrogen-bond donors (Lipinski definition) is 1. The minimum atomic E-state index is -0.0975. The normalized spacial score (nSPS) is 10.2. The van der Waals surface area contributed by atoms with Crippen LogP contribution in [0.2, 0.25) is 0 Å². The van der Waals surface area contributed by atoms with Gasteiger partial charge in [0.05, 0.1) is 11.3 Å². The molecule has 0 aliphatic rings. The molecule has 5 nitrogen and oxygen atoms in total. The summed E-state index contributed by atoms with van der Waals surface area (Å²) in [7, 11) is 1.74. The molecule has 2 heterocycles. The number of aryl methyl sites for hydroxylation is 1. The van der Waals surface area contributed by atoms with Crippen LogP contribution < -0.4 is 10.2 Å². The van der Waals surface area contributed by atoms with Crippen LogP contribution in [-0.2, 0) is 0 Å². The second kappa shape index (κ2) is 6.14. The van der Waals surface area contributed by atoms with Crippen molar-refractivity contribution in [3.05, 3.63) is 48.0 Å². The first-order chi connectivity index (χ1) is 9.63. The van der Waals surface area contributed by atoms with E-state index in [1.165, 1.54) is 0 Å². The average molecular weight is 270 g/mol. The van der Waals surface area contributed by atoms with Gasteiger partial charge in [0, 0.05) is 43.6 Å². The molecule has 2 aromatic rings. The highest BCUT2D eigenvalue weighted by atomic mass is 16.2. The van der Waals surface area contributed by atoms with Crippen molar-refractivity contribution in [2.24, 2.45) is 0 Å². The van der Waals surface area contributed by atoms with E-state index in [-0.39, 0.29) is 5.91 Å². The molecule has 0 aromatic carbocycles. The Kier molecular flexibility index (Phi) is 4.30. The summed E-state index contributed by atoms with van der Waals surface area (Å²) < 4.78 is 0. The number of carbonyl (C=O) groups is 1. The van der Waals surface area contributed by atoms with Crippen molar-refractivity contribution in [2.45, 2.75) is 13.8 Å². The zero-order valence-corrected chi connectivity index (χ0v) is 11.9. The molecule has 0 aliphatic carbocycles. The van der Waals surface area contributed by atoms with Gasteiger partial charge in [0.25, 0.3) is 5.91 Å². The number of hydrogen-bond acceptors (Lipinski definition) is 4. The monoisotopic (exact) mass is 270 g/mol. The molecule has 0 saturated heterocycles. The maximum Gasteiger partial charge on any atom is 0.261 e. The molecule has 0 unspecified atom stereocenters. The third-order valence-corrected chi connectivity index (χ3v) is 2.99. The van der Waals surface area contributed by atoms with Crippen LogP contribution in [0.4, 0.5) is 11.4 Å². The van der Waals surface area contributed by atoms with Gasteiger partial charge in [-0.15, -0.1) is 0 Å². The van der Waals surface area contributed by atoms with Crippen LogP contribution in [0, 0.1) is 6.92 Å². The van der Waals surface area contributed by atoms with E-state index < -0.39 is 0 Å². The highest BCUT2D eigenvalue weighted by Crippen LogP contribution is 2.20. The van der Waals surface area contributed by atoms with Crippen molar-refractivity contribution in [3.8, 4) is 0 Å². The summed E-state index contributed by atoms with van der Waals surface area (Å²) in [5.41, 5.74) is 3.06. The van der Waals surface area contributed by atoms with E-state index in [2.05, 4.69) is 15.3 Å². The molecule has 20 heavy (non-hydrogen) atoms. The van der Waals surface area contributed by atoms with Gasteiger partial charge < -0.3 is 10.2 Å². The lowest BCUT2D eigenvalue weighted by atomic mass is 10.1. The van der Waals surface area contributed by atoms with Crippen molar-refractivity contribution in [2.75, 3.05) is 23.8 Å². The molecule has 0 radical (unpaired) electrons. The Morgan fingerprint density at radius 2 is 2.05 bits per heavy atom. The highest BCUT2D eigenvalue weighted by molar-refractivity contribution is 6.09. The molecule has 1 N–H and O–H groups in total. The van der Waals surface area contributed by atoms with Crippen LogP contribution in [0.15, 0.2) is 36.8 Å². The Hall–Kier alpha value is -2.43. The number of nitrogens with one attached hydrogen (secondary N) is 1. The van der Waals surface area contributed by atoms with Gasteiger partial charge in [-0.2, -0.15) is 0 Å². The zero-order chi connectivity index (χ0) is 14.5. The van der Waals surface area contributed by atoms with Gasteiger partial charge in [-0.25, -0.2) is 0 Å². The van der Waals surface area contributed by atoms with Crippen LogP contribution in [0.3, 0.4) is 0 Å². The van der Waals surface area contributed by atoms with Gasteiger partial charge in [-0.05, 0) is 32.0 Å². The van der Waals surface area contributed by atoms with E-state index in [4.69, 9.17) is 0 Å². The van der Waals surface area contributed by atoms with E-state index in [9.17, 15) is 4.79 Å². The summed E-state index contributed by atoms with van der Waals surface area (Å²) in [6, 6.07) is 5.48. The number of anilines is 2. The first-order valence-electron chi connectivity index (χ1n) is 6.52. The predicted octanol–water partition coefficient (Wildman–Crippen LogP) is 2.49. The third-order valence-electron chi connectivity index (χ3n) is 2.99. The number of nitrogens with zero attached hydrogens (tertiary/aromatic N) is 3. The van der Waals surface area contributed by atoms with Gasteiger partial charge in [0.15, 0.2) is 0 Å². The van der Waals surface area contributed by atoms with Crippen LogP contribution in [0.25, 0.3) is 0 Å². The molecule has 2 aromatic heterocycles. The Balaban J connectivity index is 2.33. The molecule has 0 spiro atoms. The lowest BCUT2D eigenvalue weighted by molar-refractivity contribution is 0.0993. The fourth-order valence-corrected chi connectivity index (χ4v) is 1.93. The Labute approximate surface area is 118 Å². The maximum atomic E-state index is 12.6. The largest absolute Gasteiger partial charge is 0.385 e. The summed E-state index contributed by atoms with van der Waals surface area (Å²) in [6.07, 6.45) is 4.95. The minimum absolute atomic E-state index is 0.0975. The fourth-order valence-electron chi connectivity index (χ4n) is 1.93. The van der Waals surface area contributed by atoms with Crippen LogP contribution in [0.1, 0.15) is 23.0 Å². The first-order valence-corrected chi connectivity index (χ1v) is 6.52. The van der Waals surface area contributed by atoms with E-state index in [0.717, 1.165) is 23.6 Å². The van der Waals surface area contributed by atoms with Crippen molar-refractivity contribution >= 4 is 17.3 Å². The van der Waals surface area contributed by atoms with Crippen molar-refractivity contribution in [1.82, 2.24) is 9.97 Å². The van der Waals surface area contributed by atoms with Crippen LogP contribution in [-0.4, -0.2) is 29.5 Å². The minimum Gasteiger partial charge on any atom is -0.385 e. The number of carbonyl (C=O) groups excluding carboxylic acids is 1. The van der Waals surface area contributed by atoms with Gasteiger partial charge in [-0.3, -0.25) is 14.8 Å². The number of amides is 1. The molecular formula is C15H18N4O. The standard InChI is InChI=1S/C15H18N4O/c1-4-17-14-9-11(2)18-10-13(14)15(20)19(3)12-5-7-16-8-6-12/h5-10H,4H2,1-3H3,(H,17,18). The topological polar surface area (TPSA) is 58.1 Å². The Morgan fingerprint density at radius 1 is 1.35 bits per heavy atom. The number of rotatable bonds is 4. The molecule has 5 heteroatoms. The molecule has 0 fully saturated rings.